The first-order chi connectivity index (χ1) is 6.38. The summed E-state index contributed by atoms with van der Waals surface area (Å²) in [7, 11) is 0. The van der Waals surface area contributed by atoms with Gasteiger partial charge in [-0.25, -0.2) is 4.85 Å². The van der Waals surface area contributed by atoms with E-state index in [4.69, 9.17) is 10.7 Å². The van der Waals surface area contributed by atoms with Gasteiger partial charge in [0.25, 0.3) is 11.2 Å². The Morgan fingerprint density at radius 2 is 2.64 bits per heavy atom. The van der Waals surface area contributed by atoms with Crippen LogP contribution in [0.4, 0.5) is 5.69 Å². The maximum absolute atomic E-state index is 11.4. The summed E-state index contributed by atoms with van der Waals surface area (Å²) in [6, 6.07) is 0. The molecule has 0 aliphatic heterocycles. The van der Waals surface area contributed by atoms with Crippen LogP contribution in [0.5, 0.6) is 0 Å². The Kier molecular flexibility index (Phi) is 0.992. The molecule has 0 unspecified atom stereocenters. The Bertz CT molecular complexity index is 455. The lowest BCUT2D eigenvalue weighted by atomic mass is 10.5. The summed E-state index contributed by atoms with van der Waals surface area (Å²) in [6.07, 6.45) is 1.08. The maximum atomic E-state index is 11.4. The van der Waals surface area contributed by atoms with Crippen LogP contribution in [0.1, 0.15) is 9.94 Å². The molecular formula is C7H7N3O. The number of aromatic nitrogens is 2. The third-order valence-electron chi connectivity index (χ3n) is 1.24. The van der Waals surface area contributed by atoms with Crippen LogP contribution in [-0.2, 0) is 6.98 Å². The molecule has 4 nitrogen and oxygen atoms in total. The second-order valence-corrected chi connectivity index (χ2v) is 1.94. The molecule has 1 aromatic rings. The lowest BCUT2D eigenvalue weighted by molar-refractivity contribution is 0.780. The zero-order chi connectivity index (χ0) is 10.9. The molecule has 11 heavy (non-hydrogen) atoms. The van der Waals surface area contributed by atoms with E-state index in [9.17, 15) is 4.79 Å². The van der Waals surface area contributed by atoms with Crippen LogP contribution in [0.2, 0.25) is 0 Å². The highest BCUT2D eigenvalue weighted by molar-refractivity contribution is 5.38. The van der Waals surface area contributed by atoms with Gasteiger partial charge in [0.05, 0.1) is 6.57 Å². The van der Waals surface area contributed by atoms with Crippen LogP contribution < -0.4 is 5.56 Å². The predicted molar refractivity (Wildman–Crippen MR) is 40.5 cm³/mol. The van der Waals surface area contributed by atoms with Gasteiger partial charge < -0.3 is 4.57 Å². The fourth-order valence-electron chi connectivity index (χ4n) is 0.606. The van der Waals surface area contributed by atoms with E-state index in [0.29, 0.717) is 4.57 Å². The SMILES string of the molecule is [2H]C([2H])([2H])n1c(C)ncc([N+]#[C-])c1=O. The largest absolute Gasteiger partial charge is 0.309 e. The minimum absolute atomic E-state index is 0.0717. The molecule has 0 aromatic carbocycles. The van der Waals surface area contributed by atoms with Crippen molar-refractivity contribution in [1.82, 2.24) is 9.55 Å². The van der Waals surface area contributed by atoms with Crippen molar-refractivity contribution >= 4 is 5.69 Å². The molecule has 0 amide bonds. The molecular weight excluding hydrogens is 142 g/mol. The summed E-state index contributed by atoms with van der Waals surface area (Å²) >= 11 is 0. The number of hydrogen-bond acceptors (Lipinski definition) is 2. The van der Waals surface area contributed by atoms with Crippen molar-refractivity contribution in [2.24, 2.45) is 6.98 Å². The van der Waals surface area contributed by atoms with Crippen LogP contribution in [0.25, 0.3) is 4.85 Å². The standard InChI is InChI=1S/C7H7N3O/c1-5-9-4-6(8-2)7(11)10(5)3/h4H,1,3H3/i3D3. The Hall–Kier alpha value is -1.63. The van der Waals surface area contributed by atoms with Gasteiger partial charge >= 0.3 is 0 Å². The van der Waals surface area contributed by atoms with Gasteiger partial charge in [-0.1, -0.05) is 0 Å². The average molecular weight is 152 g/mol. The number of nitrogens with zero attached hydrogens (tertiary/aromatic N) is 3. The summed E-state index contributed by atoms with van der Waals surface area (Å²) in [6.45, 7) is 5.46. The molecule has 1 rings (SSSR count). The summed E-state index contributed by atoms with van der Waals surface area (Å²) in [5.74, 6) is 0.0717. The van der Waals surface area contributed by atoms with Crippen molar-refractivity contribution in [3.05, 3.63) is 33.8 Å². The molecule has 0 fully saturated rings. The lowest BCUT2D eigenvalue weighted by Crippen LogP contribution is -2.18. The van der Waals surface area contributed by atoms with Gasteiger partial charge in [-0.05, 0) is 6.92 Å². The molecule has 0 N–H and O–H groups in total. The molecule has 0 spiro atoms. The normalized spacial score (nSPS) is 14.4. The zero-order valence-electron chi connectivity index (χ0n) is 8.83. The van der Waals surface area contributed by atoms with Gasteiger partial charge in [0.1, 0.15) is 5.82 Å². The van der Waals surface area contributed by atoms with Gasteiger partial charge in [0.2, 0.25) is 0 Å². The van der Waals surface area contributed by atoms with Crippen LogP contribution in [-0.4, -0.2) is 9.55 Å². The van der Waals surface area contributed by atoms with E-state index in [-0.39, 0.29) is 11.5 Å². The Morgan fingerprint density at radius 3 is 3.18 bits per heavy atom. The van der Waals surface area contributed by atoms with Crippen LogP contribution in [0.3, 0.4) is 0 Å². The van der Waals surface area contributed by atoms with Crippen LogP contribution in [0, 0.1) is 13.5 Å². The van der Waals surface area contributed by atoms with Gasteiger partial charge in [-0.2, -0.15) is 0 Å². The van der Waals surface area contributed by atoms with E-state index in [1.54, 1.807) is 0 Å². The highest BCUT2D eigenvalue weighted by Crippen LogP contribution is 2.00. The molecule has 56 valence electrons. The van der Waals surface area contributed by atoms with Gasteiger partial charge in [0.15, 0.2) is 0 Å². The molecule has 0 bridgehead atoms. The summed E-state index contributed by atoms with van der Waals surface area (Å²) in [4.78, 5) is 18.0. The molecule has 0 saturated carbocycles. The fourth-order valence-corrected chi connectivity index (χ4v) is 0.606. The monoisotopic (exact) mass is 152 g/mol. The van der Waals surface area contributed by atoms with Crippen molar-refractivity contribution in [1.29, 1.82) is 0 Å². The zero-order valence-corrected chi connectivity index (χ0v) is 5.83. The van der Waals surface area contributed by atoms with Crippen LogP contribution in [0.15, 0.2) is 11.0 Å². The number of hydrogen-bond donors (Lipinski definition) is 0. The molecule has 0 aliphatic rings. The Balaban J connectivity index is 3.60. The highest BCUT2D eigenvalue weighted by Gasteiger charge is 2.01. The molecule has 1 heterocycles. The minimum atomic E-state index is -2.59. The average Bonchev–Trinajstić information content (AvgIpc) is 2.02. The summed E-state index contributed by atoms with van der Waals surface area (Å²) < 4.78 is 21.8. The van der Waals surface area contributed by atoms with Gasteiger partial charge in [-0.15, -0.1) is 0 Å². The highest BCUT2D eigenvalue weighted by atomic mass is 16.1. The Labute approximate surface area is 68.2 Å². The first kappa shape index (κ1) is 4.29. The molecule has 0 radical (unpaired) electrons. The quantitative estimate of drug-likeness (QED) is 0.512. The smallest absolute Gasteiger partial charge is 0.268 e. The molecule has 4 heteroatoms. The summed E-state index contributed by atoms with van der Waals surface area (Å²) in [5.41, 5.74) is -1.11. The predicted octanol–water partition coefficient (Wildman–Crippen LogP) is 0.640. The van der Waals surface area contributed by atoms with Crippen molar-refractivity contribution in [2.75, 3.05) is 0 Å². The molecule has 0 saturated heterocycles. The van der Waals surface area contributed by atoms with E-state index in [1.807, 2.05) is 0 Å². The van der Waals surface area contributed by atoms with E-state index >= 15 is 0 Å². The minimum Gasteiger partial charge on any atom is -0.309 e. The third-order valence-corrected chi connectivity index (χ3v) is 1.24. The van der Waals surface area contributed by atoms with Crippen molar-refractivity contribution in [3.63, 3.8) is 0 Å². The van der Waals surface area contributed by atoms with Crippen LogP contribution >= 0.6 is 0 Å². The Morgan fingerprint density at radius 1 is 1.91 bits per heavy atom. The van der Waals surface area contributed by atoms with Crippen molar-refractivity contribution in [2.45, 2.75) is 6.92 Å². The third kappa shape index (κ3) is 1.13. The molecule has 0 aliphatic carbocycles. The van der Waals surface area contributed by atoms with Crippen molar-refractivity contribution < 1.29 is 4.11 Å². The number of rotatable bonds is 0. The second kappa shape index (κ2) is 2.54. The van der Waals surface area contributed by atoms with Gasteiger partial charge in [0, 0.05) is 17.3 Å². The first-order valence-corrected chi connectivity index (χ1v) is 2.84. The summed E-state index contributed by atoms with van der Waals surface area (Å²) in [5, 5.41) is 0. The van der Waals surface area contributed by atoms with Gasteiger partial charge in [-0.3, -0.25) is 9.78 Å². The lowest BCUT2D eigenvalue weighted by Gasteiger charge is -2.00. The van der Waals surface area contributed by atoms with E-state index in [2.05, 4.69) is 9.83 Å². The van der Waals surface area contributed by atoms with E-state index in [0.717, 1.165) is 6.20 Å². The van der Waals surface area contributed by atoms with E-state index in [1.165, 1.54) is 6.92 Å². The van der Waals surface area contributed by atoms with E-state index < -0.39 is 12.5 Å². The van der Waals surface area contributed by atoms with Crippen molar-refractivity contribution in [3.8, 4) is 0 Å². The second-order valence-electron chi connectivity index (χ2n) is 1.94. The topological polar surface area (TPSA) is 39.2 Å². The number of aryl methyl sites for hydroxylation is 1. The molecule has 1 aromatic heterocycles. The molecule has 0 atom stereocenters. The fraction of sp³-hybridized carbons (Fsp3) is 0.286. The maximum Gasteiger partial charge on any atom is 0.268 e. The first-order valence-electron chi connectivity index (χ1n) is 4.34.